The van der Waals surface area contributed by atoms with Crippen LogP contribution in [0.1, 0.15) is 19.3 Å². The molecule has 2 N–H and O–H groups in total. The molecule has 2 nitrogen and oxygen atoms in total. The molecule has 0 amide bonds. The summed E-state index contributed by atoms with van der Waals surface area (Å²) < 4.78 is 5.45. The Labute approximate surface area is 77.5 Å². The van der Waals surface area contributed by atoms with Gasteiger partial charge in [0.1, 0.15) is 5.76 Å². The van der Waals surface area contributed by atoms with Crippen molar-refractivity contribution in [3.63, 3.8) is 0 Å². The zero-order chi connectivity index (χ0) is 8.39. The summed E-state index contributed by atoms with van der Waals surface area (Å²) in [6, 6.07) is 0.153. The van der Waals surface area contributed by atoms with Gasteiger partial charge in [-0.2, -0.15) is 11.8 Å². The van der Waals surface area contributed by atoms with Gasteiger partial charge in [-0.05, 0) is 24.7 Å². The monoisotopic (exact) mass is 185 g/mol. The van der Waals surface area contributed by atoms with E-state index in [0.29, 0.717) is 5.25 Å². The lowest BCUT2D eigenvalue weighted by Gasteiger charge is -2.18. The van der Waals surface area contributed by atoms with Gasteiger partial charge in [-0.15, -0.1) is 0 Å². The van der Waals surface area contributed by atoms with Gasteiger partial charge in [0, 0.05) is 11.7 Å². The zero-order valence-electron chi connectivity index (χ0n) is 7.16. The van der Waals surface area contributed by atoms with Gasteiger partial charge in [0.2, 0.25) is 0 Å². The number of hydrogen-bond acceptors (Lipinski definition) is 3. The van der Waals surface area contributed by atoms with E-state index in [1.165, 1.54) is 18.6 Å². The maximum atomic E-state index is 6.07. The molecule has 3 heteroatoms. The first-order chi connectivity index (χ1) is 5.88. The highest BCUT2D eigenvalue weighted by atomic mass is 32.2. The van der Waals surface area contributed by atoms with Gasteiger partial charge in [-0.25, -0.2) is 0 Å². The Morgan fingerprint density at radius 1 is 1.67 bits per heavy atom. The fourth-order valence-corrected chi connectivity index (χ4v) is 3.05. The molecule has 1 fully saturated rings. The van der Waals surface area contributed by atoms with Crippen LogP contribution >= 0.6 is 11.8 Å². The van der Waals surface area contributed by atoms with Crippen LogP contribution in [0.25, 0.3) is 0 Å². The normalized spacial score (nSPS) is 31.4. The number of hydrogen-bond donors (Lipinski definition) is 1. The molecule has 2 rings (SSSR count). The van der Waals surface area contributed by atoms with Crippen molar-refractivity contribution in [3.05, 3.63) is 11.8 Å². The highest BCUT2D eigenvalue weighted by Gasteiger charge is 2.27. The number of nitrogens with two attached hydrogens (primary N) is 1. The van der Waals surface area contributed by atoms with E-state index in [2.05, 4.69) is 6.08 Å². The van der Waals surface area contributed by atoms with Crippen LogP contribution in [0.15, 0.2) is 11.8 Å². The minimum Gasteiger partial charge on any atom is -0.496 e. The topological polar surface area (TPSA) is 35.2 Å². The summed E-state index contributed by atoms with van der Waals surface area (Å²) >= 11 is 1.99. The summed E-state index contributed by atoms with van der Waals surface area (Å²) in [7, 11) is 0. The average Bonchev–Trinajstić information content (AvgIpc) is 2.77. The molecule has 12 heavy (non-hydrogen) atoms. The minimum absolute atomic E-state index is 0.153. The van der Waals surface area contributed by atoms with Crippen LogP contribution < -0.4 is 5.73 Å². The van der Waals surface area contributed by atoms with Crippen LogP contribution in [0.4, 0.5) is 0 Å². The van der Waals surface area contributed by atoms with Crippen molar-refractivity contribution in [1.29, 1.82) is 0 Å². The van der Waals surface area contributed by atoms with Crippen LogP contribution in [-0.2, 0) is 4.74 Å². The van der Waals surface area contributed by atoms with Crippen molar-refractivity contribution >= 4 is 11.8 Å². The van der Waals surface area contributed by atoms with Crippen molar-refractivity contribution < 1.29 is 4.74 Å². The van der Waals surface area contributed by atoms with Crippen molar-refractivity contribution in [2.75, 3.05) is 12.4 Å². The quantitative estimate of drug-likeness (QED) is 0.708. The van der Waals surface area contributed by atoms with Gasteiger partial charge >= 0.3 is 0 Å². The van der Waals surface area contributed by atoms with Gasteiger partial charge in [0.25, 0.3) is 0 Å². The number of ether oxygens (including phenoxy) is 1. The Kier molecular flexibility index (Phi) is 2.61. The molecular weight excluding hydrogens is 170 g/mol. The predicted molar refractivity (Wildman–Crippen MR) is 52.1 cm³/mol. The van der Waals surface area contributed by atoms with Crippen molar-refractivity contribution in [2.24, 2.45) is 5.73 Å². The molecule has 1 saturated heterocycles. The van der Waals surface area contributed by atoms with Gasteiger partial charge in [-0.3, -0.25) is 0 Å². The van der Waals surface area contributed by atoms with Crippen LogP contribution in [0.3, 0.4) is 0 Å². The maximum Gasteiger partial charge on any atom is 0.110 e. The molecule has 0 spiro atoms. The summed E-state index contributed by atoms with van der Waals surface area (Å²) in [4.78, 5) is 0. The molecule has 0 saturated carbocycles. The molecular formula is C9H15NOS. The van der Waals surface area contributed by atoms with Gasteiger partial charge < -0.3 is 10.5 Å². The van der Waals surface area contributed by atoms with Crippen LogP contribution in [-0.4, -0.2) is 23.7 Å². The second-order valence-electron chi connectivity index (χ2n) is 3.32. The zero-order valence-corrected chi connectivity index (χ0v) is 7.98. The molecule has 0 aliphatic carbocycles. The van der Waals surface area contributed by atoms with E-state index in [9.17, 15) is 0 Å². The van der Waals surface area contributed by atoms with E-state index in [4.69, 9.17) is 10.5 Å². The Bertz CT molecular complexity index is 187. The summed E-state index contributed by atoms with van der Waals surface area (Å²) in [5.41, 5.74) is 6.07. The molecule has 0 radical (unpaired) electrons. The summed E-state index contributed by atoms with van der Waals surface area (Å²) in [6.07, 6.45) is 5.76. The molecule has 0 aromatic carbocycles. The lowest BCUT2D eigenvalue weighted by atomic mass is 10.1. The molecule has 2 aliphatic rings. The fourth-order valence-electron chi connectivity index (χ4n) is 1.74. The summed E-state index contributed by atoms with van der Waals surface area (Å²) in [6.45, 7) is 0.834. The van der Waals surface area contributed by atoms with E-state index in [1.54, 1.807) is 0 Å². The predicted octanol–water partition coefficient (Wildman–Crippen LogP) is 1.51. The van der Waals surface area contributed by atoms with Crippen LogP contribution in [0.2, 0.25) is 0 Å². The average molecular weight is 185 g/mol. The molecule has 0 bridgehead atoms. The van der Waals surface area contributed by atoms with Crippen molar-refractivity contribution in [1.82, 2.24) is 0 Å². The summed E-state index contributed by atoms with van der Waals surface area (Å²) in [5.74, 6) is 2.31. The second kappa shape index (κ2) is 3.71. The Morgan fingerprint density at radius 3 is 3.17 bits per heavy atom. The van der Waals surface area contributed by atoms with Gasteiger partial charge in [0.05, 0.1) is 12.6 Å². The highest BCUT2D eigenvalue weighted by molar-refractivity contribution is 8.00. The Balaban J connectivity index is 1.93. The SMILES string of the molecule is NC(C1=CCCO1)C1CCCS1. The number of thioether (sulfide) groups is 1. The van der Waals surface area contributed by atoms with Crippen molar-refractivity contribution in [2.45, 2.75) is 30.6 Å². The first-order valence-electron chi connectivity index (χ1n) is 4.58. The van der Waals surface area contributed by atoms with Gasteiger partial charge in [-0.1, -0.05) is 0 Å². The standard InChI is InChI=1S/C9H15NOS/c10-9(7-3-1-5-11-7)8-4-2-6-12-8/h3,8-9H,1-2,4-6,10H2. The Morgan fingerprint density at radius 2 is 2.58 bits per heavy atom. The molecule has 0 aromatic heterocycles. The van der Waals surface area contributed by atoms with E-state index in [1.807, 2.05) is 11.8 Å². The van der Waals surface area contributed by atoms with E-state index < -0.39 is 0 Å². The van der Waals surface area contributed by atoms with Gasteiger partial charge in [0.15, 0.2) is 0 Å². The molecule has 2 atom stereocenters. The third-order valence-corrected chi connectivity index (χ3v) is 3.91. The number of rotatable bonds is 2. The lowest BCUT2D eigenvalue weighted by Crippen LogP contribution is -2.33. The molecule has 2 unspecified atom stereocenters. The molecule has 68 valence electrons. The summed E-state index contributed by atoms with van der Waals surface area (Å²) in [5, 5.41) is 0.606. The first-order valence-corrected chi connectivity index (χ1v) is 5.63. The lowest BCUT2D eigenvalue weighted by molar-refractivity contribution is 0.223. The van der Waals surface area contributed by atoms with E-state index in [-0.39, 0.29) is 6.04 Å². The second-order valence-corrected chi connectivity index (χ2v) is 4.67. The molecule has 2 heterocycles. The smallest absolute Gasteiger partial charge is 0.110 e. The van der Waals surface area contributed by atoms with E-state index >= 15 is 0 Å². The van der Waals surface area contributed by atoms with E-state index in [0.717, 1.165) is 18.8 Å². The minimum atomic E-state index is 0.153. The molecule has 2 aliphatic heterocycles. The largest absolute Gasteiger partial charge is 0.496 e. The fraction of sp³-hybridized carbons (Fsp3) is 0.778. The molecule has 0 aromatic rings. The third kappa shape index (κ3) is 1.62. The van der Waals surface area contributed by atoms with Crippen LogP contribution in [0.5, 0.6) is 0 Å². The first kappa shape index (κ1) is 8.45. The highest BCUT2D eigenvalue weighted by Crippen LogP contribution is 2.31. The maximum absolute atomic E-state index is 6.07. The Hall–Kier alpha value is -0.150. The van der Waals surface area contributed by atoms with Crippen molar-refractivity contribution in [3.8, 4) is 0 Å². The third-order valence-electron chi connectivity index (χ3n) is 2.43. The van der Waals surface area contributed by atoms with Crippen LogP contribution in [0, 0.1) is 0 Å².